The number of rotatable bonds is 5. The fraction of sp³-hybridized carbons (Fsp3) is 0.136. The normalized spacial score (nSPS) is 10.6. The number of fused-ring (bicyclic) bond motifs is 1. The molecule has 150 valence electrons. The van der Waals surface area contributed by atoms with Crippen LogP contribution >= 0.6 is 0 Å². The standard InChI is InChI=1S/C22H19N5O3/c1-14-25-19-10-5-4-9-18(19)20(26-14)27(2)16-7-6-8-17(11-16)30-22-23-12-15(13-24-22)21(28)29-3/h4-13H,1-3H3. The van der Waals surface area contributed by atoms with Crippen LogP contribution in [0.4, 0.5) is 11.5 Å². The number of anilines is 2. The molecule has 0 aliphatic rings. The number of ether oxygens (including phenoxy) is 2. The molecule has 0 bridgehead atoms. The number of esters is 1. The fourth-order valence-corrected chi connectivity index (χ4v) is 3.00. The highest BCUT2D eigenvalue weighted by Crippen LogP contribution is 2.31. The molecule has 0 aliphatic carbocycles. The average molecular weight is 401 g/mol. The van der Waals surface area contributed by atoms with Crippen molar-refractivity contribution in [2.75, 3.05) is 19.1 Å². The minimum Gasteiger partial charge on any atom is -0.465 e. The molecule has 8 heteroatoms. The summed E-state index contributed by atoms with van der Waals surface area (Å²) in [6, 6.07) is 15.5. The van der Waals surface area contributed by atoms with E-state index in [0.29, 0.717) is 11.6 Å². The molecule has 0 radical (unpaired) electrons. The van der Waals surface area contributed by atoms with Crippen molar-refractivity contribution < 1.29 is 14.3 Å². The third kappa shape index (κ3) is 3.88. The monoisotopic (exact) mass is 401 g/mol. The summed E-state index contributed by atoms with van der Waals surface area (Å²) in [5, 5.41) is 0.957. The third-order valence-electron chi connectivity index (χ3n) is 4.48. The highest BCUT2D eigenvalue weighted by molar-refractivity contribution is 5.91. The zero-order valence-corrected chi connectivity index (χ0v) is 16.7. The SMILES string of the molecule is COC(=O)c1cnc(Oc2cccc(N(C)c3nc(C)nc4ccccc34)c2)nc1. The van der Waals surface area contributed by atoms with E-state index in [1.165, 1.54) is 19.5 Å². The number of para-hydroxylation sites is 1. The maximum Gasteiger partial charge on any atom is 0.341 e. The van der Waals surface area contributed by atoms with Gasteiger partial charge in [0, 0.05) is 36.6 Å². The molecular formula is C22H19N5O3. The van der Waals surface area contributed by atoms with Crippen LogP contribution in [0.25, 0.3) is 10.9 Å². The first-order valence-electron chi connectivity index (χ1n) is 9.20. The number of nitrogens with zero attached hydrogens (tertiary/aromatic N) is 5. The molecule has 0 fully saturated rings. The van der Waals surface area contributed by atoms with Gasteiger partial charge < -0.3 is 14.4 Å². The van der Waals surface area contributed by atoms with Crippen LogP contribution < -0.4 is 9.64 Å². The van der Waals surface area contributed by atoms with Crippen molar-refractivity contribution in [2.24, 2.45) is 0 Å². The molecule has 0 saturated heterocycles. The molecule has 2 aromatic carbocycles. The summed E-state index contributed by atoms with van der Waals surface area (Å²) < 4.78 is 10.4. The number of hydrogen-bond acceptors (Lipinski definition) is 8. The molecule has 2 heterocycles. The Bertz CT molecular complexity index is 1210. The van der Waals surface area contributed by atoms with Crippen molar-refractivity contribution in [1.82, 2.24) is 19.9 Å². The molecule has 0 aliphatic heterocycles. The van der Waals surface area contributed by atoms with E-state index in [4.69, 9.17) is 4.74 Å². The third-order valence-corrected chi connectivity index (χ3v) is 4.48. The van der Waals surface area contributed by atoms with Gasteiger partial charge in [-0.1, -0.05) is 18.2 Å². The van der Waals surface area contributed by atoms with Gasteiger partial charge in [-0.05, 0) is 31.2 Å². The lowest BCUT2D eigenvalue weighted by Gasteiger charge is -2.21. The van der Waals surface area contributed by atoms with Crippen molar-refractivity contribution in [3.8, 4) is 11.8 Å². The lowest BCUT2D eigenvalue weighted by Crippen LogP contribution is -2.13. The number of aromatic nitrogens is 4. The van der Waals surface area contributed by atoms with Gasteiger partial charge in [0.15, 0.2) is 0 Å². The van der Waals surface area contributed by atoms with E-state index in [0.717, 1.165) is 22.4 Å². The van der Waals surface area contributed by atoms with E-state index >= 15 is 0 Å². The minimum absolute atomic E-state index is 0.130. The molecule has 0 N–H and O–H groups in total. The van der Waals surface area contributed by atoms with E-state index in [1.807, 2.05) is 61.3 Å². The Morgan fingerprint density at radius 1 is 1.00 bits per heavy atom. The lowest BCUT2D eigenvalue weighted by molar-refractivity contribution is 0.0599. The largest absolute Gasteiger partial charge is 0.465 e. The van der Waals surface area contributed by atoms with Gasteiger partial charge in [0.25, 0.3) is 0 Å². The summed E-state index contributed by atoms with van der Waals surface area (Å²) in [4.78, 5) is 30.7. The van der Waals surface area contributed by atoms with Gasteiger partial charge in [-0.15, -0.1) is 0 Å². The van der Waals surface area contributed by atoms with Crippen molar-refractivity contribution >= 4 is 28.4 Å². The quantitative estimate of drug-likeness (QED) is 0.462. The van der Waals surface area contributed by atoms with Crippen molar-refractivity contribution in [1.29, 1.82) is 0 Å². The Balaban J connectivity index is 1.62. The van der Waals surface area contributed by atoms with Crippen LogP contribution in [0.15, 0.2) is 60.9 Å². The van der Waals surface area contributed by atoms with Crippen LogP contribution in [0.2, 0.25) is 0 Å². The average Bonchev–Trinajstić information content (AvgIpc) is 2.78. The number of carbonyl (C=O) groups is 1. The smallest absolute Gasteiger partial charge is 0.341 e. The Morgan fingerprint density at radius 3 is 2.53 bits per heavy atom. The van der Waals surface area contributed by atoms with E-state index in [1.54, 1.807) is 6.07 Å². The van der Waals surface area contributed by atoms with Crippen molar-refractivity contribution in [3.63, 3.8) is 0 Å². The van der Waals surface area contributed by atoms with Gasteiger partial charge in [0.05, 0.1) is 18.2 Å². The van der Waals surface area contributed by atoms with E-state index < -0.39 is 5.97 Å². The minimum atomic E-state index is -0.502. The summed E-state index contributed by atoms with van der Waals surface area (Å²) in [5.41, 5.74) is 2.02. The second kappa shape index (κ2) is 8.12. The molecule has 0 amide bonds. The Kier molecular flexibility index (Phi) is 5.21. The molecule has 0 unspecified atom stereocenters. The van der Waals surface area contributed by atoms with Gasteiger partial charge in [0.1, 0.15) is 17.4 Å². The van der Waals surface area contributed by atoms with Crippen LogP contribution in [0.5, 0.6) is 11.8 Å². The Morgan fingerprint density at radius 2 is 1.77 bits per heavy atom. The number of carbonyl (C=O) groups excluding carboxylic acids is 1. The van der Waals surface area contributed by atoms with E-state index in [2.05, 4.69) is 24.7 Å². The molecule has 0 atom stereocenters. The van der Waals surface area contributed by atoms with Crippen LogP contribution in [-0.4, -0.2) is 40.1 Å². The summed E-state index contributed by atoms with van der Waals surface area (Å²) >= 11 is 0. The summed E-state index contributed by atoms with van der Waals surface area (Å²) in [6.45, 7) is 1.87. The summed E-state index contributed by atoms with van der Waals surface area (Å²) in [7, 11) is 3.24. The number of aryl methyl sites for hydroxylation is 1. The topological polar surface area (TPSA) is 90.3 Å². The van der Waals surface area contributed by atoms with Gasteiger partial charge >= 0.3 is 12.0 Å². The fourth-order valence-electron chi connectivity index (χ4n) is 3.00. The predicted octanol–water partition coefficient (Wildman–Crippen LogP) is 4.08. The first-order chi connectivity index (χ1) is 14.5. The molecule has 2 aromatic heterocycles. The van der Waals surface area contributed by atoms with Crippen LogP contribution in [-0.2, 0) is 4.74 Å². The first-order valence-corrected chi connectivity index (χ1v) is 9.20. The predicted molar refractivity (Wildman–Crippen MR) is 112 cm³/mol. The van der Waals surface area contributed by atoms with Crippen molar-refractivity contribution in [3.05, 3.63) is 72.3 Å². The first kappa shape index (κ1) is 19.3. The highest BCUT2D eigenvalue weighted by atomic mass is 16.5. The molecule has 0 saturated carbocycles. The number of benzene rings is 2. The highest BCUT2D eigenvalue weighted by Gasteiger charge is 2.13. The zero-order valence-electron chi connectivity index (χ0n) is 16.7. The maximum absolute atomic E-state index is 11.5. The Labute approximate surface area is 173 Å². The van der Waals surface area contributed by atoms with E-state index in [9.17, 15) is 4.79 Å². The summed E-state index contributed by atoms with van der Waals surface area (Å²) in [6.07, 6.45) is 2.72. The van der Waals surface area contributed by atoms with E-state index in [-0.39, 0.29) is 11.6 Å². The van der Waals surface area contributed by atoms with Crippen LogP contribution in [0.1, 0.15) is 16.2 Å². The van der Waals surface area contributed by atoms with Crippen molar-refractivity contribution in [2.45, 2.75) is 6.92 Å². The molecule has 30 heavy (non-hydrogen) atoms. The second-order valence-electron chi connectivity index (χ2n) is 6.52. The Hall–Kier alpha value is -4.07. The van der Waals surface area contributed by atoms with Gasteiger partial charge in [-0.25, -0.2) is 24.7 Å². The van der Waals surface area contributed by atoms with Gasteiger partial charge in [0.2, 0.25) is 0 Å². The van der Waals surface area contributed by atoms with Gasteiger partial charge in [-0.2, -0.15) is 0 Å². The number of methoxy groups -OCH3 is 1. The molecule has 4 aromatic rings. The van der Waals surface area contributed by atoms with Crippen LogP contribution in [0, 0.1) is 6.92 Å². The summed E-state index contributed by atoms with van der Waals surface area (Å²) in [5.74, 6) is 1.55. The lowest BCUT2D eigenvalue weighted by atomic mass is 10.2. The van der Waals surface area contributed by atoms with Gasteiger partial charge in [-0.3, -0.25) is 0 Å². The molecular weight excluding hydrogens is 382 g/mol. The molecule has 8 nitrogen and oxygen atoms in total. The zero-order chi connectivity index (χ0) is 21.1. The van der Waals surface area contributed by atoms with Crippen LogP contribution in [0.3, 0.4) is 0 Å². The second-order valence-corrected chi connectivity index (χ2v) is 6.52. The number of hydrogen-bond donors (Lipinski definition) is 0. The molecule has 0 spiro atoms. The molecule has 4 rings (SSSR count). The maximum atomic E-state index is 11.5.